The maximum Gasteiger partial charge on any atom is 0.573 e. The van der Waals surface area contributed by atoms with E-state index in [-0.39, 0.29) is 0 Å². The minimum Gasteiger partial charge on any atom is -0.406 e. The number of hydrogen-bond acceptors (Lipinski definition) is 2. The molecule has 0 spiro atoms. The molecule has 0 atom stereocenters. The number of rotatable bonds is 2. The summed E-state index contributed by atoms with van der Waals surface area (Å²) in [5, 5.41) is 0. The molecule has 0 unspecified atom stereocenters. The number of hydrogen-bond donors (Lipinski definition) is 0. The number of carbonyl (C=O) groups is 1. The highest BCUT2D eigenvalue weighted by Crippen LogP contribution is 2.23. The van der Waals surface area contributed by atoms with Crippen LogP contribution in [0.2, 0.25) is 0 Å². The molecular weight excluding hydrogens is 204 g/mol. The first kappa shape index (κ1) is 10.5. The Labute approximate surface area is 76.1 Å². The van der Waals surface area contributed by atoms with E-state index in [1.165, 1.54) is 0 Å². The average molecular weight is 208 g/mol. The molecule has 0 fully saturated rings. The summed E-state index contributed by atoms with van der Waals surface area (Å²) in [5.74, 6) is -0.624. The van der Waals surface area contributed by atoms with Crippen molar-refractivity contribution in [3.05, 3.63) is 29.8 Å². The molecule has 6 heteroatoms. The first-order valence-electron chi connectivity index (χ1n) is 3.44. The maximum absolute atomic E-state index is 12.1. The van der Waals surface area contributed by atoms with E-state index in [0.717, 1.165) is 18.2 Å². The molecular formula is C8H4F4O2. The molecule has 2 nitrogen and oxygen atoms in total. The molecule has 0 aromatic heterocycles. The third-order valence-electron chi connectivity index (χ3n) is 1.29. The van der Waals surface area contributed by atoms with Crippen molar-refractivity contribution >= 4 is 6.04 Å². The molecule has 1 aromatic carbocycles. The molecule has 0 aliphatic heterocycles. The largest absolute Gasteiger partial charge is 0.573 e. The third kappa shape index (κ3) is 3.04. The van der Waals surface area contributed by atoms with Gasteiger partial charge in [0.05, 0.1) is 5.56 Å². The minimum absolute atomic E-state index is 0.480. The van der Waals surface area contributed by atoms with Crippen LogP contribution in [0.3, 0.4) is 0 Å². The molecule has 0 radical (unpaired) electrons. The van der Waals surface area contributed by atoms with Crippen molar-refractivity contribution in [1.82, 2.24) is 0 Å². The Bertz CT molecular complexity index is 345. The zero-order valence-corrected chi connectivity index (χ0v) is 6.64. The summed E-state index contributed by atoms with van der Waals surface area (Å²) in [6.07, 6.45) is -4.85. The fourth-order valence-electron chi connectivity index (χ4n) is 0.815. The van der Waals surface area contributed by atoms with Gasteiger partial charge in [-0.15, -0.1) is 13.2 Å². The van der Waals surface area contributed by atoms with Crippen molar-refractivity contribution in [3.8, 4) is 5.75 Å². The summed E-state index contributed by atoms with van der Waals surface area (Å²) >= 11 is 0. The van der Waals surface area contributed by atoms with E-state index in [9.17, 15) is 22.4 Å². The average Bonchev–Trinajstić information content (AvgIpc) is 2.01. The van der Waals surface area contributed by atoms with Crippen molar-refractivity contribution < 1.29 is 27.1 Å². The van der Waals surface area contributed by atoms with Crippen LogP contribution in [-0.4, -0.2) is 12.4 Å². The lowest BCUT2D eigenvalue weighted by Crippen LogP contribution is -2.17. The minimum atomic E-state index is -4.85. The van der Waals surface area contributed by atoms with Crippen molar-refractivity contribution in [3.63, 3.8) is 0 Å². The van der Waals surface area contributed by atoms with Crippen LogP contribution in [0.5, 0.6) is 5.75 Å². The highest BCUT2D eigenvalue weighted by Gasteiger charge is 2.31. The van der Waals surface area contributed by atoms with Crippen molar-refractivity contribution in [1.29, 1.82) is 0 Å². The predicted octanol–water partition coefficient (Wildman–Crippen LogP) is 2.69. The quantitative estimate of drug-likeness (QED) is 0.551. The first-order valence-corrected chi connectivity index (χ1v) is 3.44. The van der Waals surface area contributed by atoms with Gasteiger partial charge in [-0.2, -0.15) is 4.39 Å². The molecule has 76 valence electrons. The smallest absolute Gasteiger partial charge is 0.406 e. The topological polar surface area (TPSA) is 26.3 Å². The lowest BCUT2D eigenvalue weighted by molar-refractivity contribution is -0.274. The zero-order chi connectivity index (χ0) is 10.8. The lowest BCUT2D eigenvalue weighted by Gasteiger charge is -2.08. The molecule has 0 amide bonds. The van der Waals surface area contributed by atoms with E-state index in [1.807, 2.05) is 0 Å². The van der Waals surface area contributed by atoms with E-state index in [2.05, 4.69) is 4.74 Å². The number of ether oxygens (including phenoxy) is 1. The van der Waals surface area contributed by atoms with Crippen molar-refractivity contribution in [2.75, 3.05) is 0 Å². The summed E-state index contributed by atoms with van der Waals surface area (Å²) in [4.78, 5) is 10.2. The molecule has 0 N–H and O–H groups in total. The number of halogens is 4. The lowest BCUT2D eigenvalue weighted by atomic mass is 10.2. The summed E-state index contributed by atoms with van der Waals surface area (Å²) in [7, 11) is 0. The highest BCUT2D eigenvalue weighted by molar-refractivity contribution is 5.88. The van der Waals surface area contributed by atoms with E-state index in [4.69, 9.17) is 0 Å². The fourth-order valence-corrected chi connectivity index (χ4v) is 0.815. The molecule has 0 heterocycles. The molecule has 0 aliphatic carbocycles. The second kappa shape index (κ2) is 3.65. The van der Waals surface area contributed by atoms with Crippen molar-refractivity contribution in [2.24, 2.45) is 0 Å². The summed E-state index contributed by atoms with van der Waals surface area (Å²) in [5.41, 5.74) is -0.480. The second-order valence-electron chi connectivity index (χ2n) is 2.35. The van der Waals surface area contributed by atoms with Gasteiger partial charge in [0.2, 0.25) is 0 Å². The highest BCUT2D eigenvalue weighted by atomic mass is 19.4. The normalized spacial score (nSPS) is 11.1. The first-order chi connectivity index (χ1) is 6.38. The van der Waals surface area contributed by atoms with Gasteiger partial charge in [0.1, 0.15) is 5.75 Å². The molecule has 0 bridgehead atoms. The Hall–Kier alpha value is -1.59. The third-order valence-corrected chi connectivity index (χ3v) is 1.29. The Balaban J connectivity index is 2.89. The van der Waals surface area contributed by atoms with Crippen LogP contribution >= 0.6 is 0 Å². The second-order valence-corrected chi connectivity index (χ2v) is 2.35. The Morgan fingerprint density at radius 2 is 1.93 bits per heavy atom. The number of benzene rings is 1. The Kier molecular flexibility index (Phi) is 2.73. The van der Waals surface area contributed by atoms with Crippen LogP contribution in [0, 0.1) is 0 Å². The van der Waals surface area contributed by atoms with Gasteiger partial charge in [-0.1, -0.05) is 6.07 Å². The van der Waals surface area contributed by atoms with Gasteiger partial charge < -0.3 is 4.74 Å². The number of carbonyl (C=O) groups excluding carboxylic acids is 1. The van der Waals surface area contributed by atoms with Crippen LogP contribution in [-0.2, 0) is 0 Å². The standard InChI is InChI=1S/C8H4F4O2/c9-7(13)5-2-1-3-6(4-5)14-8(10,11)12/h1-4H. The molecule has 0 aliphatic rings. The van der Waals surface area contributed by atoms with Gasteiger partial charge >= 0.3 is 12.4 Å². The summed E-state index contributed by atoms with van der Waals surface area (Å²) < 4.78 is 50.6. The van der Waals surface area contributed by atoms with Gasteiger partial charge in [0, 0.05) is 0 Å². The van der Waals surface area contributed by atoms with Crippen LogP contribution in [0.1, 0.15) is 10.4 Å². The van der Waals surface area contributed by atoms with E-state index >= 15 is 0 Å². The van der Waals surface area contributed by atoms with Crippen LogP contribution < -0.4 is 4.74 Å². The van der Waals surface area contributed by atoms with Crippen molar-refractivity contribution in [2.45, 2.75) is 6.36 Å². The van der Waals surface area contributed by atoms with Crippen LogP contribution in [0.25, 0.3) is 0 Å². The van der Waals surface area contributed by atoms with E-state index < -0.39 is 23.7 Å². The molecule has 1 aromatic rings. The summed E-state index contributed by atoms with van der Waals surface area (Å²) in [6.45, 7) is 0. The molecule has 1 rings (SSSR count). The van der Waals surface area contributed by atoms with E-state index in [0.29, 0.717) is 6.07 Å². The van der Waals surface area contributed by atoms with Gasteiger partial charge in [-0.3, -0.25) is 4.79 Å². The van der Waals surface area contributed by atoms with E-state index in [1.54, 1.807) is 0 Å². The van der Waals surface area contributed by atoms with Gasteiger partial charge in [-0.05, 0) is 18.2 Å². The van der Waals surface area contributed by atoms with Gasteiger partial charge in [-0.25, -0.2) is 0 Å². The number of alkyl halides is 3. The van der Waals surface area contributed by atoms with Crippen LogP contribution in [0.15, 0.2) is 24.3 Å². The molecule has 0 saturated carbocycles. The summed E-state index contributed by atoms with van der Waals surface area (Å²) in [6, 6.07) is 1.98. The van der Waals surface area contributed by atoms with Crippen LogP contribution in [0.4, 0.5) is 17.6 Å². The van der Waals surface area contributed by atoms with Gasteiger partial charge in [0.25, 0.3) is 0 Å². The maximum atomic E-state index is 12.1. The predicted molar refractivity (Wildman–Crippen MR) is 38.6 cm³/mol. The van der Waals surface area contributed by atoms with Gasteiger partial charge in [0.15, 0.2) is 0 Å². The Morgan fingerprint density at radius 1 is 1.29 bits per heavy atom. The molecule has 0 saturated heterocycles. The molecule has 14 heavy (non-hydrogen) atoms. The SMILES string of the molecule is O=C(F)c1cccc(OC(F)(F)F)c1. The monoisotopic (exact) mass is 208 g/mol. The fraction of sp³-hybridized carbons (Fsp3) is 0.125. The zero-order valence-electron chi connectivity index (χ0n) is 6.64. The Morgan fingerprint density at radius 3 is 2.43 bits per heavy atom.